The minimum Gasteiger partial charge on any atom is -0.543 e. The van der Waals surface area contributed by atoms with Crippen LogP contribution in [0.1, 0.15) is 12.8 Å². The fourth-order valence-electron chi connectivity index (χ4n) is 4.37. The molecule has 0 bridgehead atoms. The number of benzene rings is 1. The number of allylic oxidation sites excluding steroid dienone is 1. The quantitative estimate of drug-likeness (QED) is 0.344. The van der Waals surface area contributed by atoms with Crippen molar-refractivity contribution in [3.05, 3.63) is 53.8 Å². The third-order valence-corrected chi connectivity index (χ3v) is 8.45. The number of hydrogen-bond acceptors (Lipinski definition) is 6. The van der Waals surface area contributed by atoms with E-state index in [1.165, 1.54) is 41.3 Å². The second kappa shape index (κ2) is 9.72. The molecule has 0 radical (unpaired) electrons. The maximum absolute atomic E-state index is 12.7. The minimum absolute atomic E-state index is 0.0664. The fraction of sp³-hybridized carbons (Fsp3) is 0.435. The van der Waals surface area contributed by atoms with Crippen LogP contribution in [0.15, 0.2) is 58.6 Å². The maximum Gasteiger partial charge on any atom is 0.253 e. The Balaban J connectivity index is 1.38. The van der Waals surface area contributed by atoms with E-state index in [0.29, 0.717) is 11.3 Å². The molecule has 1 aromatic carbocycles. The lowest BCUT2D eigenvalue weighted by Gasteiger charge is -2.50. The molecule has 2 fully saturated rings. The Morgan fingerprint density at radius 3 is 2.69 bits per heavy atom. The number of carboxylic acid groups (broad SMARTS) is 1. The first-order valence-corrected chi connectivity index (χ1v) is 12.8. The van der Waals surface area contributed by atoms with Crippen LogP contribution in [0.5, 0.6) is 0 Å². The van der Waals surface area contributed by atoms with Crippen molar-refractivity contribution in [1.82, 2.24) is 10.2 Å². The zero-order chi connectivity index (χ0) is 22.7. The summed E-state index contributed by atoms with van der Waals surface area (Å²) in [6, 6.07) is 8.84. The summed E-state index contributed by atoms with van der Waals surface area (Å²) in [6.45, 7) is 3.09. The number of likely N-dealkylation sites (N-methyl/N-ethyl adjacent to an activating group) is 1. The van der Waals surface area contributed by atoms with Crippen LogP contribution in [0.3, 0.4) is 0 Å². The van der Waals surface area contributed by atoms with Crippen molar-refractivity contribution >= 4 is 41.3 Å². The van der Waals surface area contributed by atoms with Crippen LogP contribution < -0.4 is 10.4 Å². The molecule has 3 aliphatic rings. The summed E-state index contributed by atoms with van der Waals surface area (Å²) in [5.74, 6) is -1.34. The number of fused-ring (bicyclic) bond motifs is 1. The average molecular weight is 474 g/mol. The lowest BCUT2D eigenvalue weighted by molar-refractivity contribution is -0.891. The summed E-state index contributed by atoms with van der Waals surface area (Å²) in [5, 5.41) is 14.2. The highest BCUT2D eigenvalue weighted by Gasteiger charge is 2.52. The van der Waals surface area contributed by atoms with Gasteiger partial charge in [0.05, 0.1) is 44.1 Å². The first kappa shape index (κ1) is 22.9. The molecular formula is C23H27N3O4S2. The molecule has 2 saturated heterocycles. The van der Waals surface area contributed by atoms with E-state index in [4.69, 9.17) is 0 Å². The Morgan fingerprint density at radius 1 is 1.28 bits per heavy atom. The van der Waals surface area contributed by atoms with Gasteiger partial charge < -0.3 is 19.7 Å². The van der Waals surface area contributed by atoms with E-state index < -0.39 is 23.3 Å². The number of hydrogen-bond donors (Lipinski definition) is 1. The molecular weight excluding hydrogens is 446 g/mol. The van der Waals surface area contributed by atoms with Gasteiger partial charge in [-0.15, -0.1) is 23.5 Å². The predicted octanol–water partition coefficient (Wildman–Crippen LogP) is 0.979. The summed E-state index contributed by atoms with van der Waals surface area (Å²) >= 11 is 2.86. The molecule has 3 aliphatic heterocycles. The van der Waals surface area contributed by atoms with E-state index in [2.05, 4.69) is 12.4 Å². The van der Waals surface area contributed by atoms with E-state index in [0.717, 1.165) is 29.0 Å². The molecule has 7 nitrogen and oxygen atoms in total. The van der Waals surface area contributed by atoms with Gasteiger partial charge >= 0.3 is 0 Å². The minimum atomic E-state index is -1.35. The first-order chi connectivity index (χ1) is 15.4. The highest BCUT2D eigenvalue weighted by Crippen LogP contribution is 2.40. The lowest BCUT2D eigenvalue weighted by Crippen LogP contribution is -2.71. The molecule has 9 heteroatoms. The van der Waals surface area contributed by atoms with Crippen LogP contribution in [0, 0.1) is 0 Å². The van der Waals surface area contributed by atoms with Crippen LogP contribution in [0.25, 0.3) is 0 Å². The fourth-order valence-corrected chi connectivity index (χ4v) is 6.42. The topological polar surface area (TPSA) is 89.5 Å². The maximum atomic E-state index is 12.7. The van der Waals surface area contributed by atoms with Gasteiger partial charge in [0, 0.05) is 23.5 Å². The van der Waals surface area contributed by atoms with Crippen LogP contribution >= 0.6 is 23.5 Å². The highest BCUT2D eigenvalue weighted by molar-refractivity contribution is 8.00. The summed E-state index contributed by atoms with van der Waals surface area (Å²) in [5.41, 5.74) is 0.526. The average Bonchev–Trinajstić information content (AvgIpc) is 3.22. The second-order valence-corrected chi connectivity index (χ2v) is 10.7. The van der Waals surface area contributed by atoms with Crippen LogP contribution in [-0.4, -0.2) is 76.8 Å². The van der Waals surface area contributed by atoms with Crippen molar-refractivity contribution in [3.8, 4) is 0 Å². The standard InChI is InChI=1S/C23H27N3O4S2/c1-26(11-5-6-12-26)13-7-8-16-14-32-22-19(21(28)25(22)20(16)23(29)30)24-18(27)15-31-17-9-3-2-4-10-17/h2-4,7-10,19,22H,5-6,11-15H2,1H3,(H-,24,27,29,30)/b8-7+/t19-,22-/m1/s1. The SMILES string of the molecule is C[N+]1(C/C=C/C2=C(C(=O)[O-])N3C(=O)[C@@H](NC(=O)CSc4ccccc4)[C@H]3SC2)CCCC1. The summed E-state index contributed by atoms with van der Waals surface area (Å²) < 4.78 is 0.956. The summed E-state index contributed by atoms with van der Waals surface area (Å²) in [4.78, 5) is 39.2. The molecule has 0 unspecified atom stereocenters. The number of nitrogens with one attached hydrogen (secondary N) is 1. The Bertz CT molecular complexity index is 957. The monoisotopic (exact) mass is 473 g/mol. The number of quaternary nitrogens is 1. The third-order valence-electron chi connectivity index (χ3n) is 6.13. The molecule has 0 aromatic heterocycles. The molecule has 1 N–H and O–H groups in total. The Kier molecular flexibility index (Phi) is 6.97. The number of aliphatic carboxylic acids is 1. The van der Waals surface area contributed by atoms with Crippen molar-refractivity contribution in [2.24, 2.45) is 0 Å². The number of likely N-dealkylation sites (tertiary alicyclic amines) is 1. The van der Waals surface area contributed by atoms with Gasteiger partial charge in [-0.05, 0) is 23.8 Å². The van der Waals surface area contributed by atoms with E-state index in [-0.39, 0.29) is 17.4 Å². The van der Waals surface area contributed by atoms with Crippen molar-refractivity contribution in [1.29, 1.82) is 0 Å². The zero-order valence-corrected chi connectivity index (χ0v) is 19.6. The molecule has 0 spiro atoms. The van der Waals surface area contributed by atoms with Crippen LogP contribution in [0.2, 0.25) is 0 Å². The van der Waals surface area contributed by atoms with Crippen molar-refractivity contribution in [2.45, 2.75) is 29.2 Å². The van der Waals surface area contributed by atoms with Gasteiger partial charge in [0.2, 0.25) is 5.91 Å². The number of nitrogens with zero attached hydrogens (tertiary/aromatic N) is 2. The Labute approximate surface area is 196 Å². The first-order valence-electron chi connectivity index (χ1n) is 10.7. The van der Waals surface area contributed by atoms with Gasteiger partial charge in [0.1, 0.15) is 11.4 Å². The van der Waals surface area contributed by atoms with E-state index in [1.54, 1.807) is 0 Å². The normalized spacial score (nSPS) is 24.4. The van der Waals surface area contributed by atoms with Gasteiger partial charge in [-0.25, -0.2) is 0 Å². The highest BCUT2D eigenvalue weighted by atomic mass is 32.2. The van der Waals surface area contributed by atoms with Gasteiger partial charge in [-0.3, -0.25) is 14.5 Å². The van der Waals surface area contributed by atoms with Crippen molar-refractivity contribution in [2.75, 3.05) is 38.2 Å². The second-order valence-electron chi connectivity index (χ2n) is 8.58. The smallest absolute Gasteiger partial charge is 0.253 e. The number of amides is 2. The summed E-state index contributed by atoms with van der Waals surface area (Å²) in [7, 11) is 2.21. The lowest BCUT2D eigenvalue weighted by atomic mass is 10.0. The molecule has 3 heterocycles. The zero-order valence-electron chi connectivity index (χ0n) is 18.0. The number of rotatable bonds is 8. The number of carbonyl (C=O) groups excluding carboxylic acids is 3. The van der Waals surface area contributed by atoms with Crippen molar-refractivity contribution < 1.29 is 24.0 Å². The number of carboxylic acids is 1. The van der Waals surface area contributed by atoms with Crippen molar-refractivity contribution in [3.63, 3.8) is 0 Å². The van der Waals surface area contributed by atoms with Gasteiger partial charge in [-0.1, -0.05) is 24.3 Å². The molecule has 1 aromatic rings. The number of β-lactam (4-membered cyclic amide) rings is 1. The van der Waals surface area contributed by atoms with E-state index in [9.17, 15) is 19.5 Å². The largest absolute Gasteiger partial charge is 0.543 e. The predicted molar refractivity (Wildman–Crippen MR) is 123 cm³/mol. The molecule has 32 heavy (non-hydrogen) atoms. The molecule has 2 amide bonds. The third kappa shape index (κ3) is 4.89. The van der Waals surface area contributed by atoms with Gasteiger partial charge in [-0.2, -0.15) is 0 Å². The molecule has 0 saturated carbocycles. The van der Waals surface area contributed by atoms with Crippen LogP contribution in [-0.2, 0) is 14.4 Å². The van der Waals surface area contributed by atoms with E-state index >= 15 is 0 Å². The number of carbonyl (C=O) groups is 3. The molecule has 0 aliphatic carbocycles. The van der Waals surface area contributed by atoms with E-state index in [1.807, 2.05) is 42.5 Å². The Hall–Kier alpha value is -2.23. The van der Waals surface area contributed by atoms with Crippen LogP contribution in [0.4, 0.5) is 0 Å². The Morgan fingerprint density at radius 2 is 2.00 bits per heavy atom. The molecule has 4 rings (SSSR count). The molecule has 170 valence electrons. The number of thioether (sulfide) groups is 2. The van der Waals surface area contributed by atoms with Gasteiger partial charge in [0.15, 0.2) is 0 Å². The summed E-state index contributed by atoms with van der Waals surface area (Å²) in [6.07, 6.45) is 6.27. The molecule has 2 atom stereocenters. The van der Waals surface area contributed by atoms with Gasteiger partial charge in [0.25, 0.3) is 5.91 Å².